The Morgan fingerprint density at radius 2 is 1.65 bits per heavy atom. The number of benzene rings is 2. The Labute approximate surface area is 184 Å². The summed E-state index contributed by atoms with van der Waals surface area (Å²) >= 11 is 5.96. The van der Waals surface area contributed by atoms with Gasteiger partial charge in [-0.25, -0.2) is 0 Å². The Kier molecular flexibility index (Phi) is 6.42. The van der Waals surface area contributed by atoms with E-state index in [1.165, 1.54) is 0 Å². The van der Waals surface area contributed by atoms with Gasteiger partial charge in [0.15, 0.2) is 0 Å². The van der Waals surface area contributed by atoms with Gasteiger partial charge >= 0.3 is 6.18 Å². The third kappa shape index (κ3) is 4.90. The molecular formula is C24H25ClF3NO2. The van der Waals surface area contributed by atoms with Crippen molar-refractivity contribution in [2.24, 2.45) is 17.1 Å². The zero-order valence-corrected chi connectivity index (χ0v) is 18.1. The summed E-state index contributed by atoms with van der Waals surface area (Å²) in [6, 6.07) is 12.6. The van der Waals surface area contributed by atoms with Crippen LogP contribution in [0.25, 0.3) is 16.7 Å². The van der Waals surface area contributed by atoms with Crippen LogP contribution in [0.1, 0.15) is 43.7 Å². The topological polar surface area (TPSA) is 63.3 Å². The molecule has 0 spiro atoms. The third-order valence-electron chi connectivity index (χ3n) is 6.29. The van der Waals surface area contributed by atoms with Gasteiger partial charge in [-0.15, -0.1) is 0 Å². The first kappa shape index (κ1) is 23.2. The number of aliphatic hydroxyl groups is 1. The molecule has 1 aliphatic rings. The van der Waals surface area contributed by atoms with Crippen LogP contribution in [0.15, 0.2) is 48.2 Å². The average molecular weight is 452 g/mol. The van der Waals surface area contributed by atoms with Gasteiger partial charge < -0.3 is 10.8 Å². The van der Waals surface area contributed by atoms with Crippen LogP contribution in [-0.4, -0.2) is 17.2 Å². The van der Waals surface area contributed by atoms with Crippen LogP contribution in [0.2, 0.25) is 5.02 Å². The van der Waals surface area contributed by atoms with E-state index in [1.54, 1.807) is 32.0 Å². The van der Waals surface area contributed by atoms with Crippen molar-refractivity contribution in [3.63, 3.8) is 0 Å². The standard InChI is InChI=1S/C24H25ClF3NO2/c1-14-3-4-16(15-5-7-18(25)8-6-15)13-19(14)20(22(29)31)21(30)23(2)11-9-17(10-12-23)24(26,27)28/h3-8,13,17,30H,9-12H2,1-2H3,(H2,29,31)/b21-20+. The van der Waals surface area contributed by atoms with E-state index in [1.807, 2.05) is 24.3 Å². The Morgan fingerprint density at radius 1 is 1.10 bits per heavy atom. The van der Waals surface area contributed by atoms with Gasteiger partial charge in [0.2, 0.25) is 0 Å². The van der Waals surface area contributed by atoms with Crippen molar-refractivity contribution < 1.29 is 23.1 Å². The SMILES string of the molecule is Cc1ccc(-c2ccc(Cl)cc2)cc1/C(C(N)=O)=C(\O)C1(C)CCC(C(F)(F)F)CC1. The number of halogens is 4. The monoisotopic (exact) mass is 451 g/mol. The van der Waals surface area contributed by atoms with E-state index in [9.17, 15) is 23.1 Å². The van der Waals surface area contributed by atoms with Gasteiger partial charge in [0.05, 0.1) is 11.5 Å². The molecule has 166 valence electrons. The first-order valence-corrected chi connectivity index (χ1v) is 10.5. The van der Waals surface area contributed by atoms with Crippen molar-refractivity contribution in [3.8, 4) is 11.1 Å². The number of carbonyl (C=O) groups is 1. The van der Waals surface area contributed by atoms with Crippen molar-refractivity contribution in [1.29, 1.82) is 0 Å². The molecule has 0 atom stereocenters. The molecule has 31 heavy (non-hydrogen) atoms. The van der Waals surface area contributed by atoms with Crippen LogP contribution in [0.4, 0.5) is 13.2 Å². The molecule has 1 fully saturated rings. The molecule has 0 aromatic heterocycles. The Hall–Kier alpha value is -2.47. The molecule has 1 amide bonds. The van der Waals surface area contributed by atoms with Gasteiger partial charge in [0, 0.05) is 10.4 Å². The van der Waals surface area contributed by atoms with Gasteiger partial charge in [-0.1, -0.05) is 42.8 Å². The molecule has 0 radical (unpaired) electrons. The highest BCUT2D eigenvalue weighted by molar-refractivity contribution is 6.30. The number of hydrogen-bond donors (Lipinski definition) is 2. The lowest BCUT2D eigenvalue weighted by atomic mass is 9.69. The molecule has 3 nitrogen and oxygen atoms in total. The van der Waals surface area contributed by atoms with Gasteiger partial charge in [-0.2, -0.15) is 13.2 Å². The maximum Gasteiger partial charge on any atom is 0.391 e. The largest absolute Gasteiger partial charge is 0.511 e. The predicted octanol–water partition coefficient (Wildman–Crippen LogP) is 6.83. The number of amides is 1. The normalized spacial score (nSPS) is 22.7. The molecule has 7 heteroatoms. The molecule has 0 unspecified atom stereocenters. The maximum atomic E-state index is 13.1. The fraction of sp³-hybridized carbons (Fsp3) is 0.375. The van der Waals surface area contributed by atoms with Crippen molar-refractivity contribution in [3.05, 3.63) is 64.4 Å². The van der Waals surface area contributed by atoms with Gasteiger partial charge in [-0.3, -0.25) is 4.79 Å². The molecule has 3 N–H and O–H groups in total. The second-order valence-corrected chi connectivity index (χ2v) is 8.94. The lowest BCUT2D eigenvalue weighted by molar-refractivity contribution is -0.186. The van der Waals surface area contributed by atoms with Crippen LogP contribution in [0.3, 0.4) is 0 Å². The van der Waals surface area contributed by atoms with Gasteiger partial charge in [0.25, 0.3) is 5.91 Å². The number of carbonyl (C=O) groups excluding carboxylic acids is 1. The molecule has 2 aromatic rings. The summed E-state index contributed by atoms with van der Waals surface area (Å²) in [5.74, 6) is -2.44. The van der Waals surface area contributed by atoms with Crippen LogP contribution in [-0.2, 0) is 4.79 Å². The van der Waals surface area contributed by atoms with Crippen molar-refractivity contribution in [1.82, 2.24) is 0 Å². The van der Waals surface area contributed by atoms with E-state index in [0.717, 1.165) is 16.7 Å². The molecule has 1 saturated carbocycles. The highest BCUT2D eigenvalue weighted by Crippen LogP contribution is 2.49. The van der Waals surface area contributed by atoms with Crippen molar-refractivity contribution in [2.45, 2.75) is 45.7 Å². The van der Waals surface area contributed by atoms with E-state index >= 15 is 0 Å². The maximum absolute atomic E-state index is 13.1. The minimum Gasteiger partial charge on any atom is -0.511 e. The summed E-state index contributed by atoms with van der Waals surface area (Å²) in [5, 5.41) is 11.7. The van der Waals surface area contributed by atoms with E-state index in [0.29, 0.717) is 10.6 Å². The summed E-state index contributed by atoms with van der Waals surface area (Å²) in [6.07, 6.45) is -4.21. The fourth-order valence-corrected chi connectivity index (χ4v) is 4.34. The quantitative estimate of drug-likeness (QED) is 0.395. The first-order valence-electron chi connectivity index (χ1n) is 10.1. The second kappa shape index (κ2) is 8.58. The summed E-state index contributed by atoms with van der Waals surface area (Å²) in [4.78, 5) is 12.4. The number of aliphatic hydroxyl groups excluding tert-OH is 1. The van der Waals surface area contributed by atoms with E-state index in [-0.39, 0.29) is 37.0 Å². The number of alkyl halides is 3. The minimum atomic E-state index is -4.25. The molecule has 0 aliphatic heterocycles. The molecule has 0 saturated heterocycles. The molecule has 1 aliphatic carbocycles. The zero-order chi connectivity index (χ0) is 23.0. The minimum absolute atomic E-state index is 0.0405. The van der Waals surface area contributed by atoms with Gasteiger partial charge in [-0.05, 0) is 73.1 Å². The van der Waals surface area contributed by atoms with E-state index in [4.69, 9.17) is 17.3 Å². The molecule has 2 aromatic carbocycles. The predicted molar refractivity (Wildman–Crippen MR) is 116 cm³/mol. The van der Waals surface area contributed by atoms with E-state index < -0.39 is 23.4 Å². The number of rotatable bonds is 4. The first-order chi connectivity index (χ1) is 14.4. The lowest BCUT2D eigenvalue weighted by Crippen LogP contribution is -2.34. The number of hydrogen-bond acceptors (Lipinski definition) is 2. The molecule has 0 heterocycles. The Bertz CT molecular complexity index is 1000. The van der Waals surface area contributed by atoms with Crippen LogP contribution >= 0.6 is 11.6 Å². The Balaban J connectivity index is 2.03. The zero-order valence-electron chi connectivity index (χ0n) is 17.4. The van der Waals surface area contributed by atoms with Gasteiger partial charge in [0.1, 0.15) is 5.76 Å². The molecular weight excluding hydrogens is 427 g/mol. The number of allylic oxidation sites excluding steroid dienone is 1. The second-order valence-electron chi connectivity index (χ2n) is 8.50. The summed E-state index contributed by atoms with van der Waals surface area (Å²) in [6.45, 7) is 3.48. The number of aryl methyl sites for hydroxylation is 1. The average Bonchev–Trinajstić information content (AvgIpc) is 2.69. The number of primary amides is 1. The van der Waals surface area contributed by atoms with Crippen LogP contribution in [0.5, 0.6) is 0 Å². The smallest absolute Gasteiger partial charge is 0.391 e. The van der Waals surface area contributed by atoms with Crippen LogP contribution in [0, 0.1) is 18.3 Å². The fourth-order valence-electron chi connectivity index (χ4n) is 4.21. The van der Waals surface area contributed by atoms with Crippen molar-refractivity contribution >= 4 is 23.1 Å². The summed E-state index contributed by atoms with van der Waals surface area (Å²) in [5.41, 5.74) is 7.53. The molecule has 3 rings (SSSR count). The van der Waals surface area contributed by atoms with Crippen LogP contribution < -0.4 is 5.73 Å². The lowest BCUT2D eigenvalue weighted by Gasteiger charge is -2.38. The van der Waals surface area contributed by atoms with E-state index in [2.05, 4.69) is 0 Å². The Morgan fingerprint density at radius 3 is 2.16 bits per heavy atom. The number of nitrogens with two attached hydrogens (primary N) is 1. The summed E-state index contributed by atoms with van der Waals surface area (Å²) < 4.78 is 39.2. The summed E-state index contributed by atoms with van der Waals surface area (Å²) in [7, 11) is 0. The highest BCUT2D eigenvalue weighted by atomic mass is 35.5. The molecule has 0 bridgehead atoms. The third-order valence-corrected chi connectivity index (χ3v) is 6.54. The highest BCUT2D eigenvalue weighted by Gasteiger charge is 2.46. The van der Waals surface area contributed by atoms with Crippen molar-refractivity contribution in [2.75, 3.05) is 0 Å².